The highest BCUT2D eigenvalue weighted by molar-refractivity contribution is 8.04. The quantitative estimate of drug-likeness (QED) is 0.726. The average Bonchev–Trinajstić information content (AvgIpc) is 2.89. The molecule has 4 rings (SSSR count). The molecule has 5 heteroatoms. The summed E-state index contributed by atoms with van der Waals surface area (Å²) < 4.78 is 0. The van der Waals surface area contributed by atoms with Crippen LogP contribution < -0.4 is 5.73 Å². The molecule has 0 radical (unpaired) electrons. The first-order valence-electron chi connectivity index (χ1n) is 10.2. The Morgan fingerprint density at radius 1 is 1.41 bits per heavy atom. The number of allylic oxidation sites excluding steroid dienone is 6. The Balaban J connectivity index is 1.70. The van der Waals surface area contributed by atoms with Crippen LogP contribution in [-0.2, 0) is 11.3 Å². The van der Waals surface area contributed by atoms with Gasteiger partial charge in [0.1, 0.15) is 0 Å². The monoisotopic (exact) mass is 408 g/mol. The van der Waals surface area contributed by atoms with Gasteiger partial charge in [0.2, 0.25) is 0 Å². The molecule has 2 aliphatic carbocycles. The minimum atomic E-state index is -0.700. The lowest BCUT2D eigenvalue weighted by Gasteiger charge is -2.31. The number of nitrogens with two attached hydrogens (primary N) is 1. The van der Waals surface area contributed by atoms with Gasteiger partial charge in [-0.05, 0) is 53.2 Å². The molecule has 0 bridgehead atoms. The van der Waals surface area contributed by atoms with Crippen molar-refractivity contribution >= 4 is 23.3 Å². The largest absolute Gasteiger partial charge is 0.481 e. The Morgan fingerprint density at radius 3 is 3.00 bits per heavy atom. The van der Waals surface area contributed by atoms with Crippen LogP contribution in [0.2, 0.25) is 0 Å². The summed E-state index contributed by atoms with van der Waals surface area (Å²) in [6, 6.07) is 3.96. The van der Waals surface area contributed by atoms with Gasteiger partial charge in [-0.3, -0.25) is 9.78 Å². The maximum absolute atomic E-state index is 12.3. The summed E-state index contributed by atoms with van der Waals surface area (Å²) in [5.74, 6) is -1.13. The smallest absolute Gasteiger partial charge is 0.312 e. The first-order chi connectivity index (χ1) is 13.9. The molecule has 2 atom stereocenters. The van der Waals surface area contributed by atoms with Crippen molar-refractivity contribution in [2.24, 2.45) is 17.1 Å². The third kappa shape index (κ3) is 3.99. The van der Waals surface area contributed by atoms with E-state index >= 15 is 0 Å². The zero-order valence-corrected chi connectivity index (χ0v) is 17.8. The number of nitrogens with zero attached hydrogens (tertiary/aromatic N) is 1. The van der Waals surface area contributed by atoms with Gasteiger partial charge in [-0.15, -0.1) is 11.8 Å². The van der Waals surface area contributed by atoms with Crippen LogP contribution in [-0.4, -0.2) is 21.3 Å². The fourth-order valence-corrected chi connectivity index (χ4v) is 6.23. The number of hydrogen-bond acceptors (Lipinski definition) is 4. The number of carbonyl (C=O) groups is 1. The Kier molecular flexibility index (Phi) is 5.54. The molecular formula is C24H28N2O2S. The molecular weight excluding hydrogens is 380 g/mol. The van der Waals surface area contributed by atoms with E-state index in [1.54, 1.807) is 18.0 Å². The van der Waals surface area contributed by atoms with Crippen molar-refractivity contribution in [1.29, 1.82) is 0 Å². The summed E-state index contributed by atoms with van der Waals surface area (Å²) in [6.07, 6.45) is 14.0. The third-order valence-corrected chi connectivity index (χ3v) is 7.72. The van der Waals surface area contributed by atoms with Crippen molar-refractivity contribution in [3.05, 3.63) is 69.9 Å². The van der Waals surface area contributed by atoms with Crippen molar-refractivity contribution in [2.75, 3.05) is 0 Å². The van der Waals surface area contributed by atoms with E-state index in [2.05, 4.69) is 43.1 Å². The lowest BCUT2D eigenvalue weighted by Crippen LogP contribution is -2.28. The van der Waals surface area contributed by atoms with Gasteiger partial charge in [0, 0.05) is 23.6 Å². The fourth-order valence-electron chi connectivity index (χ4n) is 4.62. The molecule has 0 aromatic carbocycles. The maximum Gasteiger partial charge on any atom is 0.312 e. The zero-order valence-electron chi connectivity index (χ0n) is 17.0. The fraction of sp³-hybridized carbons (Fsp3) is 0.417. The molecule has 1 aromatic rings. The Labute approximate surface area is 176 Å². The van der Waals surface area contributed by atoms with Crippen molar-refractivity contribution in [3.63, 3.8) is 0 Å². The normalized spacial score (nSPS) is 25.9. The van der Waals surface area contributed by atoms with Gasteiger partial charge in [-0.25, -0.2) is 0 Å². The number of aromatic nitrogens is 1. The number of pyridine rings is 1. The highest BCUT2D eigenvalue weighted by Gasteiger charge is 2.45. The highest BCUT2D eigenvalue weighted by Crippen LogP contribution is 2.55. The van der Waals surface area contributed by atoms with Gasteiger partial charge >= 0.3 is 5.97 Å². The van der Waals surface area contributed by atoms with Crippen LogP contribution in [0.5, 0.6) is 0 Å². The molecule has 29 heavy (non-hydrogen) atoms. The topological polar surface area (TPSA) is 76.2 Å². The summed E-state index contributed by atoms with van der Waals surface area (Å²) in [5, 5.41) is 10.1. The Bertz CT molecular complexity index is 955. The average molecular weight is 409 g/mol. The van der Waals surface area contributed by atoms with Crippen molar-refractivity contribution < 1.29 is 9.90 Å². The van der Waals surface area contributed by atoms with Crippen LogP contribution in [0.3, 0.4) is 0 Å². The molecule has 0 amide bonds. The highest BCUT2D eigenvalue weighted by atomic mass is 32.2. The van der Waals surface area contributed by atoms with Crippen LogP contribution in [0.4, 0.5) is 0 Å². The number of thioether (sulfide) groups is 1. The standard InChI is InChI=1S/C24H28N2O2S/c1-24(2)10-9-20-18(13-24)21(23(27)28)22(29-20)16-7-4-3-6-15(12-16)17-8-5-11-26-19(17)14-25/h3-6,8,11-12,21-22H,7,9-10,13-14,25H2,1-2H3,(H,27,28). The first-order valence-corrected chi connectivity index (χ1v) is 11.1. The van der Waals surface area contributed by atoms with E-state index in [0.717, 1.165) is 48.1 Å². The lowest BCUT2D eigenvalue weighted by atomic mass is 9.73. The molecule has 0 spiro atoms. The minimum Gasteiger partial charge on any atom is -0.481 e. The SMILES string of the molecule is CC1(C)CCC2=C(C1)C(C(=O)O)C(C1=CC(c3cccnc3CN)=CC=CC1)S2. The number of carboxylic acid groups (broad SMARTS) is 1. The van der Waals surface area contributed by atoms with Crippen LogP contribution in [0, 0.1) is 11.3 Å². The van der Waals surface area contributed by atoms with Gasteiger partial charge in [0.05, 0.1) is 11.6 Å². The summed E-state index contributed by atoms with van der Waals surface area (Å²) in [4.78, 5) is 18.1. The molecule has 0 saturated heterocycles. The second kappa shape index (κ2) is 7.96. The number of carboxylic acids is 1. The Hall–Kier alpha value is -2.11. The summed E-state index contributed by atoms with van der Waals surface area (Å²) in [5.41, 5.74) is 11.3. The molecule has 3 N–H and O–H groups in total. The molecule has 0 saturated carbocycles. The molecule has 1 aromatic heterocycles. The van der Waals surface area contributed by atoms with E-state index in [4.69, 9.17) is 5.73 Å². The second-order valence-corrected chi connectivity index (χ2v) is 10.1. The summed E-state index contributed by atoms with van der Waals surface area (Å²) in [6.45, 7) is 4.87. The molecule has 2 unspecified atom stereocenters. The molecule has 1 aliphatic heterocycles. The van der Waals surface area contributed by atoms with Crippen LogP contribution in [0.25, 0.3) is 5.57 Å². The maximum atomic E-state index is 12.3. The van der Waals surface area contributed by atoms with Gasteiger partial charge in [-0.2, -0.15) is 0 Å². The minimum absolute atomic E-state index is 0.0458. The summed E-state index contributed by atoms with van der Waals surface area (Å²) >= 11 is 1.78. The predicted molar refractivity (Wildman–Crippen MR) is 119 cm³/mol. The van der Waals surface area contributed by atoms with Crippen LogP contribution >= 0.6 is 11.8 Å². The number of aliphatic carboxylic acids is 1. The van der Waals surface area contributed by atoms with E-state index in [1.165, 1.54) is 10.5 Å². The molecule has 4 nitrogen and oxygen atoms in total. The van der Waals surface area contributed by atoms with Crippen molar-refractivity contribution in [1.82, 2.24) is 4.98 Å². The second-order valence-electron chi connectivity index (χ2n) is 8.82. The van der Waals surface area contributed by atoms with E-state index in [9.17, 15) is 9.90 Å². The van der Waals surface area contributed by atoms with Crippen LogP contribution in [0.1, 0.15) is 50.8 Å². The zero-order chi connectivity index (χ0) is 20.6. The lowest BCUT2D eigenvalue weighted by molar-refractivity contribution is -0.140. The van der Waals surface area contributed by atoms with E-state index in [0.29, 0.717) is 6.54 Å². The van der Waals surface area contributed by atoms with Crippen molar-refractivity contribution in [2.45, 2.75) is 51.3 Å². The van der Waals surface area contributed by atoms with Crippen LogP contribution in [0.15, 0.2) is 58.7 Å². The van der Waals surface area contributed by atoms with Crippen molar-refractivity contribution in [3.8, 4) is 0 Å². The number of rotatable bonds is 4. The Morgan fingerprint density at radius 2 is 2.24 bits per heavy atom. The molecule has 3 aliphatic rings. The van der Waals surface area contributed by atoms with Gasteiger partial charge in [0.25, 0.3) is 0 Å². The summed E-state index contributed by atoms with van der Waals surface area (Å²) in [7, 11) is 0. The van der Waals surface area contributed by atoms with E-state index in [-0.39, 0.29) is 10.7 Å². The van der Waals surface area contributed by atoms with E-state index in [1.807, 2.05) is 12.1 Å². The predicted octanol–water partition coefficient (Wildman–Crippen LogP) is 5.09. The van der Waals surface area contributed by atoms with E-state index < -0.39 is 11.9 Å². The molecule has 152 valence electrons. The first kappa shape index (κ1) is 20.2. The van der Waals surface area contributed by atoms with Gasteiger partial charge in [0.15, 0.2) is 0 Å². The van der Waals surface area contributed by atoms with Gasteiger partial charge < -0.3 is 10.8 Å². The molecule has 0 fully saturated rings. The number of hydrogen-bond donors (Lipinski definition) is 2. The third-order valence-electron chi connectivity index (χ3n) is 6.14. The molecule has 2 heterocycles. The van der Waals surface area contributed by atoms with Gasteiger partial charge in [-0.1, -0.05) is 49.8 Å².